The summed E-state index contributed by atoms with van der Waals surface area (Å²) in [5, 5.41) is 8.93. The van der Waals surface area contributed by atoms with Crippen molar-refractivity contribution in [3.63, 3.8) is 0 Å². The highest BCUT2D eigenvalue weighted by molar-refractivity contribution is 7.15. The van der Waals surface area contributed by atoms with Gasteiger partial charge in [0.1, 0.15) is 16.5 Å². The smallest absolute Gasteiger partial charge is 0.345 e. The molecular formula is C16H13F2NO3S. The van der Waals surface area contributed by atoms with E-state index in [-0.39, 0.29) is 27.9 Å². The van der Waals surface area contributed by atoms with Crippen LogP contribution in [0.1, 0.15) is 37.7 Å². The van der Waals surface area contributed by atoms with Gasteiger partial charge >= 0.3 is 5.97 Å². The maximum Gasteiger partial charge on any atom is 0.345 e. The number of hydrogen-bond donors (Lipinski definition) is 1. The van der Waals surface area contributed by atoms with E-state index < -0.39 is 23.5 Å². The molecule has 7 heteroatoms. The minimum Gasteiger partial charge on any atom is -0.477 e. The molecule has 0 saturated heterocycles. The van der Waals surface area contributed by atoms with E-state index in [0.29, 0.717) is 0 Å². The Kier molecular flexibility index (Phi) is 4.12. The SMILES string of the molecule is O=C(O)c1ccc(C(=O)N(Cc2c(F)cccc2F)C2CC2)s1. The highest BCUT2D eigenvalue weighted by Crippen LogP contribution is 2.32. The number of hydrogen-bond acceptors (Lipinski definition) is 3. The maximum absolute atomic E-state index is 13.8. The molecular weight excluding hydrogens is 324 g/mol. The van der Waals surface area contributed by atoms with E-state index in [1.807, 2.05) is 0 Å². The lowest BCUT2D eigenvalue weighted by molar-refractivity contribution is 0.0700. The summed E-state index contributed by atoms with van der Waals surface area (Å²) < 4.78 is 27.6. The second-order valence-electron chi connectivity index (χ2n) is 5.33. The number of carbonyl (C=O) groups is 2. The van der Waals surface area contributed by atoms with Gasteiger partial charge in [-0.3, -0.25) is 4.79 Å². The molecule has 1 heterocycles. The van der Waals surface area contributed by atoms with E-state index in [2.05, 4.69) is 0 Å². The second kappa shape index (κ2) is 6.08. The van der Waals surface area contributed by atoms with Crippen molar-refractivity contribution in [2.24, 2.45) is 0 Å². The quantitative estimate of drug-likeness (QED) is 0.908. The highest BCUT2D eigenvalue weighted by Gasteiger charge is 2.34. The van der Waals surface area contributed by atoms with Gasteiger partial charge in [-0.1, -0.05) is 6.07 Å². The first-order valence-corrected chi connectivity index (χ1v) is 7.86. The second-order valence-corrected chi connectivity index (χ2v) is 6.42. The Labute approximate surface area is 135 Å². The molecule has 3 rings (SSSR count). The first-order valence-electron chi connectivity index (χ1n) is 7.04. The molecule has 1 aromatic heterocycles. The molecule has 120 valence electrons. The van der Waals surface area contributed by atoms with Gasteiger partial charge in [0.05, 0.1) is 11.4 Å². The third kappa shape index (κ3) is 3.24. The third-order valence-corrected chi connectivity index (χ3v) is 4.73. The number of rotatable bonds is 5. The van der Waals surface area contributed by atoms with Crippen molar-refractivity contribution in [3.8, 4) is 0 Å². The number of nitrogens with zero attached hydrogens (tertiary/aromatic N) is 1. The average molecular weight is 337 g/mol. The summed E-state index contributed by atoms with van der Waals surface area (Å²) in [4.78, 5) is 25.2. The molecule has 0 spiro atoms. The van der Waals surface area contributed by atoms with E-state index >= 15 is 0 Å². The molecule has 4 nitrogen and oxygen atoms in total. The van der Waals surface area contributed by atoms with E-state index in [0.717, 1.165) is 36.3 Å². The number of benzene rings is 1. The van der Waals surface area contributed by atoms with E-state index in [1.54, 1.807) is 0 Å². The van der Waals surface area contributed by atoms with Crippen LogP contribution in [0.3, 0.4) is 0 Å². The van der Waals surface area contributed by atoms with Crippen LogP contribution in [0.25, 0.3) is 0 Å². The number of thiophene rings is 1. The summed E-state index contributed by atoms with van der Waals surface area (Å²) in [6, 6.07) is 6.31. The van der Waals surface area contributed by atoms with Gasteiger partial charge in [-0.25, -0.2) is 13.6 Å². The van der Waals surface area contributed by atoms with Crippen LogP contribution in [-0.2, 0) is 6.54 Å². The molecule has 1 aliphatic carbocycles. The number of halogens is 2. The first kappa shape index (κ1) is 15.6. The summed E-state index contributed by atoms with van der Waals surface area (Å²) in [6.07, 6.45) is 1.55. The molecule has 0 bridgehead atoms. The molecule has 0 unspecified atom stereocenters. The topological polar surface area (TPSA) is 57.6 Å². The fourth-order valence-corrected chi connectivity index (χ4v) is 3.12. The summed E-state index contributed by atoms with van der Waals surface area (Å²) in [5.74, 6) is -2.89. The van der Waals surface area contributed by atoms with Crippen LogP contribution in [-0.4, -0.2) is 27.9 Å². The molecule has 1 aromatic carbocycles. The molecule has 0 aliphatic heterocycles. The largest absolute Gasteiger partial charge is 0.477 e. The lowest BCUT2D eigenvalue weighted by atomic mass is 10.1. The van der Waals surface area contributed by atoms with E-state index in [4.69, 9.17) is 5.11 Å². The Morgan fingerprint density at radius 3 is 2.26 bits per heavy atom. The van der Waals surface area contributed by atoms with Crippen LogP contribution in [0.2, 0.25) is 0 Å². The van der Waals surface area contributed by atoms with Crippen LogP contribution in [0.4, 0.5) is 8.78 Å². The highest BCUT2D eigenvalue weighted by atomic mass is 32.1. The van der Waals surface area contributed by atoms with Crippen LogP contribution in [0.15, 0.2) is 30.3 Å². The lowest BCUT2D eigenvalue weighted by Gasteiger charge is -2.22. The molecule has 1 amide bonds. The lowest BCUT2D eigenvalue weighted by Crippen LogP contribution is -2.32. The Hall–Kier alpha value is -2.28. The predicted octanol–water partition coefficient (Wildman–Crippen LogP) is 3.53. The monoisotopic (exact) mass is 337 g/mol. The standard InChI is InChI=1S/C16H13F2NO3S/c17-11-2-1-3-12(18)10(11)8-19(9-4-5-9)15(20)13-6-7-14(23-13)16(21)22/h1-3,6-7,9H,4-5,8H2,(H,21,22). The van der Waals surface area contributed by atoms with Crippen molar-refractivity contribution in [1.29, 1.82) is 0 Å². The van der Waals surface area contributed by atoms with Gasteiger partial charge in [-0.05, 0) is 37.1 Å². The summed E-state index contributed by atoms with van der Waals surface area (Å²) in [5.41, 5.74) is -0.150. The van der Waals surface area contributed by atoms with E-state index in [9.17, 15) is 18.4 Å². The van der Waals surface area contributed by atoms with Crippen LogP contribution in [0, 0.1) is 11.6 Å². The molecule has 1 aliphatic rings. The Balaban J connectivity index is 1.86. The molecule has 1 fully saturated rings. The van der Waals surface area contributed by atoms with Gasteiger partial charge in [-0.15, -0.1) is 11.3 Å². The molecule has 0 radical (unpaired) electrons. The van der Waals surface area contributed by atoms with Crippen molar-refractivity contribution < 1.29 is 23.5 Å². The third-order valence-electron chi connectivity index (χ3n) is 3.67. The zero-order valence-corrected chi connectivity index (χ0v) is 12.8. The fourth-order valence-electron chi connectivity index (χ4n) is 2.32. The summed E-state index contributed by atoms with van der Waals surface area (Å²) in [7, 11) is 0. The summed E-state index contributed by atoms with van der Waals surface area (Å²) in [6.45, 7) is -0.164. The van der Waals surface area contributed by atoms with Gasteiger partial charge < -0.3 is 10.0 Å². The van der Waals surface area contributed by atoms with Crippen LogP contribution in [0.5, 0.6) is 0 Å². The predicted molar refractivity (Wildman–Crippen MR) is 80.5 cm³/mol. The minimum absolute atomic E-state index is 0.0566. The van der Waals surface area contributed by atoms with Gasteiger partial charge in [0.15, 0.2) is 0 Å². The number of aromatic carboxylic acids is 1. The van der Waals surface area contributed by atoms with Gasteiger partial charge in [0.2, 0.25) is 0 Å². The summed E-state index contributed by atoms with van der Waals surface area (Å²) >= 11 is 0.863. The number of carboxylic acids is 1. The Morgan fingerprint density at radius 1 is 1.13 bits per heavy atom. The molecule has 1 N–H and O–H groups in total. The van der Waals surface area contributed by atoms with Crippen molar-refractivity contribution in [1.82, 2.24) is 4.90 Å². The average Bonchev–Trinajstić information content (AvgIpc) is 3.21. The number of carboxylic acid groups (broad SMARTS) is 1. The minimum atomic E-state index is -1.10. The fraction of sp³-hybridized carbons (Fsp3) is 0.250. The Bertz CT molecular complexity index is 750. The van der Waals surface area contributed by atoms with Crippen LogP contribution >= 0.6 is 11.3 Å². The Morgan fingerprint density at radius 2 is 1.74 bits per heavy atom. The normalized spacial score (nSPS) is 13.8. The number of carbonyl (C=O) groups excluding carboxylic acids is 1. The van der Waals surface area contributed by atoms with Crippen LogP contribution < -0.4 is 0 Å². The molecule has 2 aromatic rings. The molecule has 23 heavy (non-hydrogen) atoms. The van der Waals surface area contributed by atoms with E-state index in [1.165, 1.54) is 23.1 Å². The van der Waals surface area contributed by atoms with Gasteiger partial charge in [0, 0.05) is 11.6 Å². The zero-order chi connectivity index (χ0) is 16.6. The van der Waals surface area contributed by atoms with Crippen molar-refractivity contribution in [3.05, 3.63) is 57.3 Å². The maximum atomic E-state index is 13.8. The first-order chi connectivity index (χ1) is 11.0. The molecule has 1 saturated carbocycles. The van der Waals surface area contributed by atoms with Crippen molar-refractivity contribution in [2.75, 3.05) is 0 Å². The molecule has 0 atom stereocenters. The number of amides is 1. The van der Waals surface area contributed by atoms with Crippen molar-refractivity contribution in [2.45, 2.75) is 25.4 Å². The zero-order valence-electron chi connectivity index (χ0n) is 12.0. The van der Waals surface area contributed by atoms with Gasteiger partial charge in [-0.2, -0.15) is 0 Å². The van der Waals surface area contributed by atoms with Gasteiger partial charge in [0.25, 0.3) is 5.91 Å². The van der Waals surface area contributed by atoms with Crippen molar-refractivity contribution >= 4 is 23.2 Å².